The van der Waals surface area contributed by atoms with Crippen molar-refractivity contribution < 1.29 is 14.3 Å². The number of anilines is 1. The molecule has 0 saturated carbocycles. The van der Waals surface area contributed by atoms with Gasteiger partial charge in [-0.1, -0.05) is 24.3 Å². The van der Waals surface area contributed by atoms with Crippen LogP contribution in [0.2, 0.25) is 0 Å². The van der Waals surface area contributed by atoms with E-state index in [0.717, 1.165) is 39.8 Å². The summed E-state index contributed by atoms with van der Waals surface area (Å²) in [6, 6.07) is 15.8. The number of para-hydroxylation sites is 1. The van der Waals surface area contributed by atoms with Gasteiger partial charge in [-0.05, 0) is 43.7 Å². The second kappa shape index (κ2) is 6.60. The fourth-order valence-corrected chi connectivity index (χ4v) is 4.92. The van der Waals surface area contributed by atoms with E-state index in [1.54, 1.807) is 11.8 Å². The number of rotatable bonds is 2. The number of thioether (sulfide) groups is 1. The molecule has 0 fully saturated rings. The molecule has 0 spiro atoms. The number of hydrogen-bond acceptors (Lipinski definition) is 5. The molecule has 0 saturated heterocycles. The van der Waals surface area contributed by atoms with Gasteiger partial charge in [-0.3, -0.25) is 4.79 Å². The lowest BCUT2D eigenvalue weighted by atomic mass is 10.0. The lowest BCUT2D eigenvalue weighted by Crippen LogP contribution is -2.22. The van der Waals surface area contributed by atoms with Crippen LogP contribution < -0.4 is 14.8 Å². The van der Waals surface area contributed by atoms with E-state index in [-0.39, 0.29) is 23.2 Å². The average molecular weight is 393 g/mol. The van der Waals surface area contributed by atoms with E-state index < -0.39 is 0 Å². The number of nitrogens with one attached hydrogen (secondary N) is 1. The Bertz CT molecular complexity index is 1060. The van der Waals surface area contributed by atoms with Crippen molar-refractivity contribution in [2.24, 2.45) is 0 Å². The third-order valence-corrected chi connectivity index (χ3v) is 6.42. The van der Waals surface area contributed by atoms with Crippen molar-refractivity contribution in [2.45, 2.75) is 24.3 Å². The van der Waals surface area contributed by atoms with Crippen molar-refractivity contribution in [1.82, 2.24) is 9.78 Å². The molecule has 5 rings (SSSR count). The molecule has 0 radical (unpaired) electrons. The summed E-state index contributed by atoms with van der Waals surface area (Å²) in [5, 5.41) is 7.59. The summed E-state index contributed by atoms with van der Waals surface area (Å²) in [5.74, 6) is 2.20. The zero-order valence-corrected chi connectivity index (χ0v) is 16.3. The van der Waals surface area contributed by atoms with E-state index in [1.165, 1.54) is 0 Å². The maximum atomic E-state index is 12.7. The summed E-state index contributed by atoms with van der Waals surface area (Å²) in [6.07, 6.45) is 0. The number of carbonyl (C=O) groups excluding carboxylic acids is 1. The highest BCUT2D eigenvalue weighted by atomic mass is 32.2. The van der Waals surface area contributed by atoms with Gasteiger partial charge in [0, 0.05) is 5.56 Å². The van der Waals surface area contributed by atoms with Crippen LogP contribution in [0.15, 0.2) is 48.5 Å². The van der Waals surface area contributed by atoms with Gasteiger partial charge in [-0.15, -0.1) is 11.8 Å². The molecule has 3 heterocycles. The maximum Gasteiger partial charge on any atom is 0.238 e. The molecule has 0 aliphatic carbocycles. The number of aryl methyl sites for hydroxylation is 1. The fraction of sp³-hybridized carbons (Fsp3) is 0.238. The molecule has 2 aliphatic rings. The van der Waals surface area contributed by atoms with Crippen LogP contribution in [-0.4, -0.2) is 27.7 Å². The van der Waals surface area contributed by atoms with E-state index in [2.05, 4.69) is 5.32 Å². The Morgan fingerprint density at radius 3 is 2.75 bits per heavy atom. The Labute approximate surface area is 166 Å². The zero-order valence-electron chi connectivity index (χ0n) is 15.5. The van der Waals surface area contributed by atoms with E-state index in [1.807, 2.05) is 67.1 Å². The van der Waals surface area contributed by atoms with Gasteiger partial charge in [0.2, 0.25) is 12.7 Å². The Morgan fingerprint density at radius 1 is 1.14 bits per heavy atom. The average Bonchev–Trinajstić information content (AvgIpc) is 3.27. The van der Waals surface area contributed by atoms with Crippen LogP contribution in [-0.2, 0) is 4.79 Å². The van der Waals surface area contributed by atoms with Crippen LogP contribution in [0.5, 0.6) is 11.5 Å². The fourth-order valence-electron chi connectivity index (χ4n) is 3.60. The Morgan fingerprint density at radius 2 is 1.93 bits per heavy atom. The summed E-state index contributed by atoms with van der Waals surface area (Å²) in [6.45, 7) is 4.16. The number of carbonyl (C=O) groups is 1. The Kier molecular flexibility index (Phi) is 4.05. The lowest BCUT2D eigenvalue weighted by molar-refractivity contribution is -0.115. The van der Waals surface area contributed by atoms with Crippen LogP contribution in [0.3, 0.4) is 0 Å². The van der Waals surface area contributed by atoms with Gasteiger partial charge >= 0.3 is 0 Å². The molecular formula is C21H19N3O3S. The highest BCUT2D eigenvalue weighted by Gasteiger charge is 2.34. The smallest absolute Gasteiger partial charge is 0.238 e. The Hall–Kier alpha value is -2.93. The first-order chi connectivity index (χ1) is 13.6. The summed E-state index contributed by atoms with van der Waals surface area (Å²) < 4.78 is 12.8. The van der Waals surface area contributed by atoms with Gasteiger partial charge < -0.3 is 14.8 Å². The third kappa shape index (κ3) is 2.74. The van der Waals surface area contributed by atoms with Crippen molar-refractivity contribution in [2.75, 3.05) is 12.1 Å². The number of ether oxygens (including phenoxy) is 2. The molecule has 28 heavy (non-hydrogen) atoms. The van der Waals surface area contributed by atoms with Gasteiger partial charge in [-0.25, -0.2) is 4.68 Å². The first-order valence-electron chi connectivity index (χ1n) is 9.12. The first-order valence-corrected chi connectivity index (χ1v) is 10.1. The number of hydrogen-bond donors (Lipinski definition) is 1. The number of amides is 1. The summed E-state index contributed by atoms with van der Waals surface area (Å²) in [4.78, 5) is 12.7. The van der Waals surface area contributed by atoms with E-state index in [4.69, 9.17) is 14.6 Å². The predicted octanol–water partition coefficient (Wildman–Crippen LogP) is 4.07. The van der Waals surface area contributed by atoms with Gasteiger partial charge in [0.15, 0.2) is 11.5 Å². The van der Waals surface area contributed by atoms with Crippen LogP contribution in [0.1, 0.15) is 29.0 Å². The van der Waals surface area contributed by atoms with Crippen molar-refractivity contribution in [3.8, 4) is 17.2 Å². The molecule has 2 aromatic carbocycles. The van der Waals surface area contributed by atoms with Crippen molar-refractivity contribution in [1.29, 1.82) is 0 Å². The number of benzene rings is 2. The zero-order chi connectivity index (χ0) is 19.3. The lowest BCUT2D eigenvalue weighted by Gasteiger charge is -2.17. The van der Waals surface area contributed by atoms with Crippen molar-refractivity contribution >= 4 is 23.5 Å². The Balaban J connectivity index is 1.68. The van der Waals surface area contributed by atoms with Crippen LogP contribution in [0.4, 0.5) is 5.82 Å². The molecule has 0 bridgehead atoms. The second-order valence-electron chi connectivity index (χ2n) is 6.86. The molecular weight excluding hydrogens is 374 g/mol. The van der Waals surface area contributed by atoms with E-state index in [9.17, 15) is 4.79 Å². The molecule has 1 N–H and O–H groups in total. The van der Waals surface area contributed by atoms with Gasteiger partial charge in [0.25, 0.3) is 0 Å². The van der Waals surface area contributed by atoms with Crippen LogP contribution in [0, 0.1) is 6.92 Å². The topological polar surface area (TPSA) is 65.4 Å². The normalized spacial score (nSPS) is 20.4. The molecule has 1 amide bonds. The molecule has 0 unspecified atom stereocenters. The minimum atomic E-state index is -0.202. The molecule has 6 nitrogen and oxygen atoms in total. The van der Waals surface area contributed by atoms with E-state index in [0.29, 0.717) is 0 Å². The third-order valence-electron chi connectivity index (χ3n) is 5.02. The van der Waals surface area contributed by atoms with Gasteiger partial charge in [0.1, 0.15) is 5.82 Å². The quantitative estimate of drug-likeness (QED) is 0.711. The molecule has 142 valence electrons. The van der Waals surface area contributed by atoms with Crippen LogP contribution >= 0.6 is 11.8 Å². The number of nitrogens with zero attached hydrogens (tertiary/aromatic N) is 2. The van der Waals surface area contributed by atoms with Crippen molar-refractivity contribution in [3.05, 3.63) is 65.4 Å². The largest absolute Gasteiger partial charge is 0.454 e. The van der Waals surface area contributed by atoms with Crippen molar-refractivity contribution in [3.63, 3.8) is 0 Å². The summed E-state index contributed by atoms with van der Waals surface area (Å²) >= 11 is 1.62. The molecule has 2 aliphatic heterocycles. The summed E-state index contributed by atoms with van der Waals surface area (Å²) in [7, 11) is 0. The second-order valence-corrected chi connectivity index (χ2v) is 8.31. The van der Waals surface area contributed by atoms with Crippen LogP contribution in [0.25, 0.3) is 5.69 Å². The molecule has 2 atom stereocenters. The van der Waals surface area contributed by atoms with Gasteiger partial charge in [0.05, 0.1) is 21.9 Å². The minimum absolute atomic E-state index is 0.0217. The molecule has 1 aromatic heterocycles. The highest BCUT2D eigenvalue weighted by molar-refractivity contribution is 8.01. The first kappa shape index (κ1) is 17.2. The van der Waals surface area contributed by atoms with E-state index >= 15 is 0 Å². The summed E-state index contributed by atoms with van der Waals surface area (Å²) in [5.41, 5.74) is 3.89. The number of aromatic nitrogens is 2. The SMILES string of the molecule is Cc1nn(-c2ccccc2)c2c1[C@H](c1ccc3c(c1)OCO3)S[C@H](C)C(=O)N2. The standard InChI is InChI=1S/C21H19N3O3S/c1-12-18-19(14-8-9-16-17(10-14)27-11-26-16)28-13(2)21(25)22-20(18)24(23-12)15-6-4-3-5-7-15/h3-10,13,19H,11H2,1-2H3,(H,22,25)/t13-,19+/m1/s1. The molecule has 7 heteroatoms. The maximum absolute atomic E-state index is 12.7. The highest BCUT2D eigenvalue weighted by Crippen LogP contribution is 2.48. The minimum Gasteiger partial charge on any atom is -0.454 e. The molecule has 3 aromatic rings. The number of fused-ring (bicyclic) bond motifs is 2. The predicted molar refractivity (Wildman–Crippen MR) is 108 cm³/mol. The van der Waals surface area contributed by atoms with Gasteiger partial charge in [-0.2, -0.15) is 5.10 Å². The monoisotopic (exact) mass is 393 g/mol.